The SMILES string of the molecule is CCC1CC1Nc1cc(C)nc(C)n1. The molecule has 0 aliphatic heterocycles. The van der Waals surface area contributed by atoms with Crippen LogP contribution in [-0.4, -0.2) is 16.0 Å². The van der Waals surface area contributed by atoms with Gasteiger partial charge in [0.2, 0.25) is 0 Å². The van der Waals surface area contributed by atoms with Gasteiger partial charge in [-0.1, -0.05) is 13.3 Å². The molecule has 1 aromatic rings. The van der Waals surface area contributed by atoms with Gasteiger partial charge in [0.25, 0.3) is 0 Å². The smallest absolute Gasteiger partial charge is 0.130 e. The van der Waals surface area contributed by atoms with Crippen molar-refractivity contribution in [3.8, 4) is 0 Å². The van der Waals surface area contributed by atoms with E-state index in [1.54, 1.807) is 0 Å². The van der Waals surface area contributed by atoms with Crippen molar-refractivity contribution in [3.63, 3.8) is 0 Å². The summed E-state index contributed by atoms with van der Waals surface area (Å²) < 4.78 is 0. The lowest BCUT2D eigenvalue weighted by atomic mass is 10.3. The molecule has 0 spiro atoms. The molecule has 1 N–H and O–H groups in total. The third kappa shape index (κ3) is 2.03. The molecule has 3 nitrogen and oxygen atoms in total. The van der Waals surface area contributed by atoms with Crippen LogP contribution in [-0.2, 0) is 0 Å². The molecular formula is C11H17N3. The average Bonchev–Trinajstić information content (AvgIpc) is 2.81. The Morgan fingerprint density at radius 3 is 2.79 bits per heavy atom. The number of rotatable bonds is 3. The lowest BCUT2D eigenvalue weighted by molar-refractivity contribution is 0.772. The average molecular weight is 191 g/mol. The second-order valence-electron chi connectivity index (χ2n) is 4.10. The van der Waals surface area contributed by atoms with Crippen LogP contribution in [0.3, 0.4) is 0 Å². The normalized spacial score (nSPS) is 24.8. The summed E-state index contributed by atoms with van der Waals surface area (Å²) in [6.07, 6.45) is 2.55. The molecule has 0 amide bonds. The Balaban J connectivity index is 2.03. The number of aryl methyl sites for hydroxylation is 2. The minimum absolute atomic E-state index is 0.647. The van der Waals surface area contributed by atoms with Crippen LogP contribution in [0.1, 0.15) is 31.3 Å². The van der Waals surface area contributed by atoms with Crippen LogP contribution in [0.2, 0.25) is 0 Å². The van der Waals surface area contributed by atoms with Gasteiger partial charge in [-0.3, -0.25) is 0 Å². The van der Waals surface area contributed by atoms with E-state index < -0.39 is 0 Å². The molecule has 0 saturated heterocycles. The fraction of sp³-hybridized carbons (Fsp3) is 0.636. The molecule has 0 bridgehead atoms. The summed E-state index contributed by atoms with van der Waals surface area (Å²) in [5.41, 5.74) is 1.04. The number of anilines is 1. The second-order valence-corrected chi connectivity index (χ2v) is 4.10. The molecule has 14 heavy (non-hydrogen) atoms. The Bertz CT molecular complexity index is 315. The molecule has 2 unspecified atom stereocenters. The van der Waals surface area contributed by atoms with Crippen LogP contribution < -0.4 is 5.32 Å². The fourth-order valence-corrected chi connectivity index (χ4v) is 1.86. The van der Waals surface area contributed by atoms with E-state index in [0.717, 1.165) is 23.3 Å². The van der Waals surface area contributed by atoms with Crippen LogP contribution in [0, 0.1) is 19.8 Å². The predicted molar refractivity (Wildman–Crippen MR) is 57.3 cm³/mol. The zero-order chi connectivity index (χ0) is 10.1. The topological polar surface area (TPSA) is 37.8 Å². The standard InChI is InChI=1S/C11H17N3/c1-4-9-6-10(9)14-11-5-7(2)12-8(3)13-11/h5,9-10H,4,6H2,1-3H3,(H,12,13,14). The molecule has 1 saturated carbocycles. The summed E-state index contributed by atoms with van der Waals surface area (Å²) in [6.45, 7) is 6.18. The summed E-state index contributed by atoms with van der Waals surface area (Å²) in [5.74, 6) is 2.68. The van der Waals surface area contributed by atoms with Crippen molar-refractivity contribution in [2.45, 2.75) is 39.7 Å². The van der Waals surface area contributed by atoms with Crippen molar-refractivity contribution in [1.29, 1.82) is 0 Å². The zero-order valence-electron chi connectivity index (χ0n) is 9.04. The van der Waals surface area contributed by atoms with E-state index in [-0.39, 0.29) is 0 Å². The fourth-order valence-electron chi connectivity index (χ4n) is 1.86. The molecule has 1 fully saturated rings. The Labute approximate surface area is 85.0 Å². The molecule has 1 aromatic heterocycles. The van der Waals surface area contributed by atoms with Crippen LogP contribution in [0.5, 0.6) is 0 Å². The van der Waals surface area contributed by atoms with Gasteiger partial charge >= 0.3 is 0 Å². The highest BCUT2D eigenvalue weighted by Crippen LogP contribution is 2.35. The number of nitrogens with one attached hydrogen (secondary N) is 1. The number of hydrogen-bond acceptors (Lipinski definition) is 3. The van der Waals surface area contributed by atoms with E-state index in [1.807, 2.05) is 19.9 Å². The first-order chi connectivity index (χ1) is 6.69. The molecule has 2 rings (SSSR count). The van der Waals surface area contributed by atoms with Crippen LogP contribution in [0.4, 0.5) is 5.82 Å². The summed E-state index contributed by atoms with van der Waals surface area (Å²) >= 11 is 0. The Hall–Kier alpha value is -1.12. The van der Waals surface area contributed by atoms with Crippen molar-refractivity contribution in [1.82, 2.24) is 9.97 Å². The van der Waals surface area contributed by atoms with Crippen molar-refractivity contribution in [2.75, 3.05) is 5.32 Å². The minimum Gasteiger partial charge on any atom is -0.367 e. The van der Waals surface area contributed by atoms with Crippen molar-refractivity contribution >= 4 is 5.82 Å². The van der Waals surface area contributed by atoms with Gasteiger partial charge in [0.1, 0.15) is 11.6 Å². The van der Waals surface area contributed by atoms with Gasteiger partial charge in [-0.2, -0.15) is 0 Å². The third-order valence-corrected chi connectivity index (χ3v) is 2.75. The quantitative estimate of drug-likeness (QED) is 0.796. The van der Waals surface area contributed by atoms with Crippen LogP contribution >= 0.6 is 0 Å². The van der Waals surface area contributed by atoms with Crippen molar-refractivity contribution < 1.29 is 0 Å². The van der Waals surface area contributed by atoms with Crippen molar-refractivity contribution in [2.24, 2.45) is 5.92 Å². The van der Waals surface area contributed by atoms with E-state index >= 15 is 0 Å². The lowest BCUT2D eigenvalue weighted by Gasteiger charge is -2.05. The molecule has 0 aromatic carbocycles. The largest absolute Gasteiger partial charge is 0.367 e. The first kappa shape index (κ1) is 9.44. The first-order valence-electron chi connectivity index (χ1n) is 5.28. The van der Waals surface area contributed by atoms with Crippen LogP contribution in [0.15, 0.2) is 6.07 Å². The van der Waals surface area contributed by atoms with E-state index in [9.17, 15) is 0 Å². The molecule has 2 atom stereocenters. The number of hydrogen-bond donors (Lipinski definition) is 1. The number of aromatic nitrogens is 2. The van der Waals surface area contributed by atoms with E-state index in [4.69, 9.17) is 0 Å². The Kier molecular flexibility index (Phi) is 2.40. The second kappa shape index (κ2) is 3.56. The maximum atomic E-state index is 4.36. The van der Waals surface area contributed by atoms with Gasteiger partial charge in [0.15, 0.2) is 0 Å². The number of nitrogens with zero attached hydrogens (tertiary/aromatic N) is 2. The lowest BCUT2D eigenvalue weighted by Crippen LogP contribution is -2.07. The molecule has 1 heterocycles. The third-order valence-electron chi connectivity index (χ3n) is 2.75. The predicted octanol–water partition coefficient (Wildman–Crippen LogP) is 2.30. The van der Waals surface area contributed by atoms with Gasteiger partial charge in [-0.05, 0) is 26.2 Å². The molecule has 76 valence electrons. The molecule has 0 radical (unpaired) electrons. The summed E-state index contributed by atoms with van der Waals surface area (Å²) in [7, 11) is 0. The van der Waals surface area contributed by atoms with Crippen molar-refractivity contribution in [3.05, 3.63) is 17.6 Å². The van der Waals surface area contributed by atoms with E-state index in [0.29, 0.717) is 6.04 Å². The van der Waals surface area contributed by atoms with E-state index in [1.165, 1.54) is 12.8 Å². The maximum absolute atomic E-state index is 4.36. The van der Waals surface area contributed by atoms with Gasteiger partial charge in [0.05, 0.1) is 0 Å². The Morgan fingerprint density at radius 2 is 2.21 bits per heavy atom. The highest BCUT2D eigenvalue weighted by Gasteiger charge is 2.35. The molecule has 1 aliphatic carbocycles. The monoisotopic (exact) mass is 191 g/mol. The highest BCUT2D eigenvalue weighted by molar-refractivity contribution is 5.38. The first-order valence-corrected chi connectivity index (χ1v) is 5.28. The van der Waals surface area contributed by atoms with Gasteiger partial charge < -0.3 is 5.32 Å². The minimum atomic E-state index is 0.647. The summed E-state index contributed by atoms with van der Waals surface area (Å²) in [6, 6.07) is 2.66. The Morgan fingerprint density at radius 1 is 1.43 bits per heavy atom. The van der Waals surface area contributed by atoms with Gasteiger partial charge in [-0.25, -0.2) is 9.97 Å². The van der Waals surface area contributed by atoms with Gasteiger partial charge in [0, 0.05) is 17.8 Å². The maximum Gasteiger partial charge on any atom is 0.130 e. The van der Waals surface area contributed by atoms with Crippen LogP contribution in [0.25, 0.3) is 0 Å². The molecule has 1 aliphatic rings. The highest BCUT2D eigenvalue weighted by atomic mass is 15.1. The molecule has 3 heteroatoms. The summed E-state index contributed by atoms with van der Waals surface area (Å²) in [5, 5.41) is 3.45. The summed E-state index contributed by atoms with van der Waals surface area (Å²) in [4.78, 5) is 8.61. The zero-order valence-corrected chi connectivity index (χ0v) is 9.04. The van der Waals surface area contributed by atoms with Gasteiger partial charge in [-0.15, -0.1) is 0 Å². The molecular weight excluding hydrogens is 174 g/mol. The van der Waals surface area contributed by atoms with E-state index in [2.05, 4.69) is 22.2 Å².